The molecule has 146 valence electrons. The maximum Gasteiger partial charge on any atom is 0.387 e. The lowest BCUT2D eigenvalue weighted by Crippen LogP contribution is -2.45. The van der Waals surface area contributed by atoms with Crippen molar-refractivity contribution in [3.05, 3.63) is 70.4 Å². The number of alkyl halides is 2. The molecule has 1 aliphatic heterocycles. The minimum Gasteiger partial charge on any atom is -0.435 e. The molecule has 9 heteroatoms. The molecule has 2 aromatic rings. The maximum absolute atomic E-state index is 12.9. The van der Waals surface area contributed by atoms with Gasteiger partial charge in [0.2, 0.25) is 0 Å². The molecule has 1 heterocycles. The van der Waals surface area contributed by atoms with E-state index >= 15 is 0 Å². The van der Waals surface area contributed by atoms with Crippen LogP contribution in [0.3, 0.4) is 0 Å². The van der Waals surface area contributed by atoms with Crippen molar-refractivity contribution < 1.29 is 18.3 Å². The van der Waals surface area contributed by atoms with Crippen molar-refractivity contribution >= 4 is 40.5 Å². The number of amides is 1. The zero-order valence-electron chi connectivity index (χ0n) is 14.6. The summed E-state index contributed by atoms with van der Waals surface area (Å²) in [4.78, 5) is 12.9. The molecule has 5 nitrogen and oxygen atoms in total. The molecule has 28 heavy (non-hydrogen) atoms. The molecule has 1 atom stereocenters. The summed E-state index contributed by atoms with van der Waals surface area (Å²) in [6.45, 7) is -1.17. The van der Waals surface area contributed by atoms with Crippen LogP contribution in [0, 0.1) is 0 Å². The zero-order valence-corrected chi connectivity index (χ0v) is 16.2. The van der Waals surface area contributed by atoms with E-state index in [2.05, 4.69) is 20.7 Å². The van der Waals surface area contributed by atoms with Gasteiger partial charge in [-0.25, -0.2) is 0 Å². The van der Waals surface area contributed by atoms with Crippen molar-refractivity contribution in [1.29, 1.82) is 0 Å². The van der Waals surface area contributed by atoms with Crippen LogP contribution in [0.15, 0.2) is 59.8 Å². The predicted molar refractivity (Wildman–Crippen MR) is 107 cm³/mol. The number of benzene rings is 2. The Labute approximate surface area is 170 Å². The second-order valence-corrected chi connectivity index (χ2v) is 6.83. The number of ether oxygens (including phenoxy) is 1. The molecule has 0 saturated heterocycles. The molecule has 0 saturated carbocycles. The Bertz CT molecular complexity index is 935. The van der Waals surface area contributed by atoms with Crippen molar-refractivity contribution in [3.63, 3.8) is 0 Å². The van der Waals surface area contributed by atoms with Crippen molar-refractivity contribution in [2.75, 3.05) is 5.32 Å². The van der Waals surface area contributed by atoms with Gasteiger partial charge < -0.3 is 20.7 Å². The Kier molecular flexibility index (Phi) is 6.11. The molecule has 0 aromatic heterocycles. The quantitative estimate of drug-likeness (QED) is 0.623. The van der Waals surface area contributed by atoms with Gasteiger partial charge in [0.25, 0.3) is 5.91 Å². The number of carbonyl (C=O) groups is 1. The minimum absolute atomic E-state index is 0.0286. The molecule has 0 fully saturated rings. The van der Waals surface area contributed by atoms with Crippen molar-refractivity contribution in [1.82, 2.24) is 10.6 Å². The highest BCUT2D eigenvalue weighted by Gasteiger charge is 2.30. The summed E-state index contributed by atoms with van der Waals surface area (Å²) < 4.78 is 29.1. The molecular weight excluding hydrogens is 408 g/mol. The maximum atomic E-state index is 12.9. The fourth-order valence-electron chi connectivity index (χ4n) is 2.85. The van der Waals surface area contributed by atoms with E-state index in [0.29, 0.717) is 32.7 Å². The van der Waals surface area contributed by atoms with Gasteiger partial charge in [0.05, 0.1) is 11.6 Å². The Morgan fingerprint density at radius 1 is 1.25 bits per heavy atom. The number of halogens is 3. The summed E-state index contributed by atoms with van der Waals surface area (Å²) in [5.41, 5.74) is 2.21. The van der Waals surface area contributed by atoms with Gasteiger partial charge in [-0.1, -0.05) is 29.8 Å². The highest BCUT2D eigenvalue weighted by Crippen LogP contribution is 2.29. The topological polar surface area (TPSA) is 62.4 Å². The van der Waals surface area contributed by atoms with Crippen molar-refractivity contribution in [2.24, 2.45) is 0 Å². The van der Waals surface area contributed by atoms with Crippen LogP contribution in [0.25, 0.3) is 0 Å². The van der Waals surface area contributed by atoms with E-state index in [-0.39, 0.29) is 11.7 Å². The predicted octanol–water partition coefficient (Wildman–Crippen LogP) is 4.37. The second-order valence-electron chi connectivity index (χ2n) is 5.98. The first-order valence-corrected chi connectivity index (χ1v) is 9.02. The normalized spacial score (nSPS) is 16.5. The van der Waals surface area contributed by atoms with E-state index in [1.165, 1.54) is 12.1 Å². The second kappa shape index (κ2) is 8.53. The first-order chi connectivity index (χ1) is 13.3. The highest BCUT2D eigenvalue weighted by atomic mass is 35.5. The van der Waals surface area contributed by atoms with Gasteiger partial charge in [-0.3, -0.25) is 4.79 Å². The molecule has 0 unspecified atom stereocenters. The van der Waals surface area contributed by atoms with Crippen molar-refractivity contribution in [3.8, 4) is 5.75 Å². The number of hydrogen-bond donors (Lipinski definition) is 3. The van der Waals surface area contributed by atoms with Gasteiger partial charge in [-0.05, 0) is 55.0 Å². The standard InChI is InChI=1S/C19H16ClF2N3O2S/c1-10-15(17(26)24-13-4-2-3-12(20)9-13)16(25-19(28)23-10)11-5-7-14(8-6-11)27-18(21)22/h2-9,16,18H,1H3,(H,24,26)(H2,23,25,28)/t16-/m0/s1. The Morgan fingerprint density at radius 2 is 1.96 bits per heavy atom. The van der Waals surface area contributed by atoms with Gasteiger partial charge in [0.1, 0.15) is 5.75 Å². The third kappa shape index (κ3) is 4.76. The van der Waals surface area contributed by atoms with Gasteiger partial charge in [0.15, 0.2) is 5.11 Å². The van der Waals surface area contributed by atoms with E-state index in [4.69, 9.17) is 23.8 Å². The molecule has 1 aliphatic rings. The average molecular weight is 424 g/mol. The van der Waals surface area contributed by atoms with Crippen LogP contribution in [0.2, 0.25) is 5.02 Å². The summed E-state index contributed by atoms with van der Waals surface area (Å²) in [6.07, 6.45) is 0. The lowest BCUT2D eigenvalue weighted by atomic mass is 9.95. The van der Waals surface area contributed by atoms with E-state index in [1.807, 2.05) is 0 Å². The number of anilines is 1. The number of hydrogen-bond acceptors (Lipinski definition) is 3. The van der Waals surface area contributed by atoms with Crippen LogP contribution < -0.4 is 20.7 Å². The van der Waals surface area contributed by atoms with E-state index in [0.717, 1.165) is 0 Å². The molecule has 2 aromatic carbocycles. The Morgan fingerprint density at radius 3 is 2.61 bits per heavy atom. The van der Waals surface area contributed by atoms with Crippen LogP contribution >= 0.6 is 23.8 Å². The lowest BCUT2D eigenvalue weighted by Gasteiger charge is -2.30. The lowest BCUT2D eigenvalue weighted by molar-refractivity contribution is -0.113. The molecule has 3 rings (SSSR count). The van der Waals surface area contributed by atoms with Crippen LogP contribution in [0.5, 0.6) is 5.75 Å². The first-order valence-electron chi connectivity index (χ1n) is 8.23. The molecular formula is C19H16ClF2N3O2S. The smallest absolute Gasteiger partial charge is 0.387 e. The molecule has 0 aliphatic carbocycles. The zero-order chi connectivity index (χ0) is 20.3. The van der Waals surface area contributed by atoms with Gasteiger partial charge in [-0.2, -0.15) is 8.78 Å². The summed E-state index contributed by atoms with van der Waals surface area (Å²) in [6, 6.07) is 12.3. The Hall–Kier alpha value is -2.71. The van der Waals surface area contributed by atoms with Crippen LogP contribution in [0.1, 0.15) is 18.5 Å². The van der Waals surface area contributed by atoms with E-state index < -0.39 is 12.7 Å². The number of allylic oxidation sites excluding steroid dienone is 1. The fourth-order valence-corrected chi connectivity index (χ4v) is 3.31. The summed E-state index contributed by atoms with van der Waals surface area (Å²) >= 11 is 11.2. The van der Waals surface area contributed by atoms with E-state index in [1.54, 1.807) is 43.3 Å². The average Bonchev–Trinajstić information content (AvgIpc) is 2.61. The van der Waals surface area contributed by atoms with Gasteiger partial charge in [0, 0.05) is 16.4 Å². The molecule has 1 amide bonds. The number of carbonyl (C=O) groups excluding carboxylic acids is 1. The summed E-state index contributed by atoms with van der Waals surface area (Å²) in [5.74, 6) is -0.318. The molecule has 3 N–H and O–H groups in total. The van der Waals surface area contributed by atoms with Crippen LogP contribution in [-0.4, -0.2) is 17.6 Å². The summed E-state index contributed by atoms with van der Waals surface area (Å²) in [5, 5.41) is 9.63. The third-order valence-electron chi connectivity index (χ3n) is 4.03. The van der Waals surface area contributed by atoms with Gasteiger partial charge >= 0.3 is 6.61 Å². The highest BCUT2D eigenvalue weighted by molar-refractivity contribution is 7.80. The van der Waals surface area contributed by atoms with Crippen molar-refractivity contribution in [2.45, 2.75) is 19.6 Å². The minimum atomic E-state index is -2.91. The third-order valence-corrected chi connectivity index (χ3v) is 4.49. The largest absolute Gasteiger partial charge is 0.435 e. The number of thiocarbonyl (C=S) groups is 1. The van der Waals surface area contributed by atoms with Gasteiger partial charge in [-0.15, -0.1) is 0 Å². The number of rotatable bonds is 5. The molecule has 0 spiro atoms. The molecule has 0 bridgehead atoms. The van der Waals surface area contributed by atoms with Crippen LogP contribution in [0.4, 0.5) is 14.5 Å². The van der Waals surface area contributed by atoms with E-state index in [9.17, 15) is 13.6 Å². The van der Waals surface area contributed by atoms with Crippen LogP contribution in [-0.2, 0) is 4.79 Å². The SMILES string of the molecule is CC1=C(C(=O)Nc2cccc(Cl)c2)[C@H](c2ccc(OC(F)F)cc2)NC(=S)N1. The Balaban J connectivity index is 1.89. The molecule has 0 radical (unpaired) electrons. The summed E-state index contributed by atoms with van der Waals surface area (Å²) in [7, 11) is 0. The monoisotopic (exact) mass is 423 g/mol. The fraction of sp³-hybridized carbons (Fsp3) is 0.158. The first kappa shape index (κ1) is 20.0. The number of nitrogens with one attached hydrogen (secondary N) is 3.